The Morgan fingerprint density at radius 3 is 2.21 bits per heavy atom. The van der Waals surface area contributed by atoms with Crippen LogP contribution in [-0.4, -0.2) is 14.7 Å². The molecule has 0 spiro atoms. The van der Waals surface area contributed by atoms with Gasteiger partial charge in [-0.05, 0) is 26.9 Å². The zero-order chi connectivity index (χ0) is 14.2. The molecule has 0 aliphatic heterocycles. The second-order valence-corrected chi connectivity index (χ2v) is 6.47. The highest BCUT2D eigenvalue weighted by molar-refractivity contribution is 9.10. The maximum Gasteiger partial charge on any atom is 0.141 e. The lowest BCUT2D eigenvalue weighted by molar-refractivity contribution is 0.272. The van der Waals surface area contributed by atoms with E-state index in [9.17, 15) is 5.11 Å². The van der Waals surface area contributed by atoms with Crippen LogP contribution in [0.5, 0.6) is 0 Å². The SMILES string of the molecule is Cn1c(-c2ccc(C(C)(C)C)cc2)nc(Br)c1CO. The van der Waals surface area contributed by atoms with Gasteiger partial charge in [-0.25, -0.2) is 4.98 Å². The summed E-state index contributed by atoms with van der Waals surface area (Å²) < 4.78 is 2.61. The summed E-state index contributed by atoms with van der Waals surface area (Å²) in [6.45, 7) is 6.57. The first kappa shape index (κ1) is 14.3. The van der Waals surface area contributed by atoms with Crippen LogP contribution in [0.2, 0.25) is 0 Å². The first-order valence-corrected chi connectivity index (χ1v) is 7.06. The molecule has 102 valence electrons. The molecule has 2 aromatic rings. The molecule has 19 heavy (non-hydrogen) atoms. The van der Waals surface area contributed by atoms with Crippen molar-refractivity contribution < 1.29 is 5.11 Å². The minimum Gasteiger partial charge on any atom is -0.390 e. The quantitative estimate of drug-likeness (QED) is 0.916. The Bertz CT molecular complexity index is 579. The van der Waals surface area contributed by atoms with Gasteiger partial charge >= 0.3 is 0 Å². The lowest BCUT2D eigenvalue weighted by Gasteiger charge is -2.19. The summed E-state index contributed by atoms with van der Waals surface area (Å²) in [5.41, 5.74) is 3.29. The number of hydrogen-bond acceptors (Lipinski definition) is 2. The summed E-state index contributed by atoms with van der Waals surface area (Å²) >= 11 is 3.38. The third kappa shape index (κ3) is 2.74. The van der Waals surface area contributed by atoms with Crippen molar-refractivity contribution in [3.05, 3.63) is 40.1 Å². The number of aliphatic hydroxyl groups is 1. The van der Waals surface area contributed by atoms with Crippen molar-refractivity contribution in [1.82, 2.24) is 9.55 Å². The van der Waals surface area contributed by atoms with E-state index in [1.54, 1.807) is 0 Å². The normalized spacial score (nSPS) is 11.9. The van der Waals surface area contributed by atoms with Gasteiger partial charge in [-0.3, -0.25) is 0 Å². The minimum atomic E-state index is -0.0237. The van der Waals surface area contributed by atoms with Crippen molar-refractivity contribution in [2.24, 2.45) is 7.05 Å². The molecule has 1 heterocycles. The van der Waals surface area contributed by atoms with Crippen LogP contribution in [0.3, 0.4) is 0 Å². The van der Waals surface area contributed by atoms with Gasteiger partial charge in [0.25, 0.3) is 0 Å². The average Bonchev–Trinajstić information content (AvgIpc) is 2.63. The zero-order valence-electron chi connectivity index (χ0n) is 11.7. The number of benzene rings is 1. The van der Waals surface area contributed by atoms with E-state index in [2.05, 4.69) is 66.0 Å². The van der Waals surface area contributed by atoms with E-state index in [4.69, 9.17) is 0 Å². The molecule has 0 radical (unpaired) electrons. The van der Waals surface area contributed by atoms with Crippen molar-refractivity contribution in [1.29, 1.82) is 0 Å². The molecule has 0 unspecified atom stereocenters. The van der Waals surface area contributed by atoms with Crippen LogP contribution in [0.4, 0.5) is 0 Å². The fourth-order valence-corrected chi connectivity index (χ4v) is 2.61. The molecular weight excluding hydrogens is 304 g/mol. The predicted molar refractivity (Wildman–Crippen MR) is 81.0 cm³/mol. The van der Waals surface area contributed by atoms with Crippen molar-refractivity contribution in [3.63, 3.8) is 0 Å². The number of rotatable bonds is 2. The van der Waals surface area contributed by atoms with Gasteiger partial charge in [-0.1, -0.05) is 45.0 Å². The van der Waals surface area contributed by atoms with Gasteiger partial charge < -0.3 is 9.67 Å². The Morgan fingerprint density at radius 2 is 1.79 bits per heavy atom. The predicted octanol–water partition coefficient (Wildman–Crippen LogP) is 3.64. The van der Waals surface area contributed by atoms with E-state index < -0.39 is 0 Å². The van der Waals surface area contributed by atoms with Crippen LogP contribution < -0.4 is 0 Å². The molecular formula is C15H19BrN2O. The molecule has 4 heteroatoms. The van der Waals surface area contributed by atoms with E-state index >= 15 is 0 Å². The van der Waals surface area contributed by atoms with Crippen molar-refractivity contribution in [3.8, 4) is 11.4 Å². The molecule has 1 N–H and O–H groups in total. The van der Waals surface area contributed by atoms with E-state index in [1.165, 1.54) is 5.56 Å². The number of aromatic nitrogens is 2. The standard InChI is InChI=1S/C15H19BrN2O/c1-15(2,3)11-7-5-10(6-8-11)14-17-13(16)12(9-19)18(14)4/h5-8,19H,9H2,1-4H3. The van der Waals surface area contributed by atoms with E-state index in [0.717, 1.165) is 17.1 Å². The Kier molecular flexibility index (Phi) is 3.83. The number of aliphatic hydroxyl groups excluding tert-OH is 1. The smallest absolute Gasteiger partial charge is 0.141 e. The first-order chi connectivity index (χ1) is 8.84. The molecule has 3 nitrogen and oxygen atoms in total. The third-order valence-electron chi connectivity index (χ3n) is 3.32. The Hall–Kier alpha value is -1.13. The van der Waals surface area contributed by atoms with Gasteiger partial charge in [0, 0.05) is 12.6 Å². The topological polar surface area (TPSA) is 38.0 Å². The van der Waals surface area contributed by atoms with Gasteiger partial charge in [0.05, 0.1) is 12.3 Å². The van der Waals surface area contributed by atoms with Gasteiger partial charge in [-0.2, -0.15) is 0 Å². The number of nitrogens with zero attached hydrogens (tertiary/aromatic N) is 2. The van der Waals surface area contributed by atoms with Crippen molar-refractivity contribution in [2.45, 2.75) is 32.8 Å². The first-order valence-electron chi connectivity index (χ1n) is 6.27. The second-order valence-electron chi connectivity index (χ2n) is 5.72. The molecule has 0 amide bonds. The van der Waals surface area contributed by atoms with Crippen LogP contribution in [0.1, 0.15) is 32.0 Å². The summed E-state index contributed by atoms with van der Waals surface area (Å²) in [7, 11) is 1.91. The Morgan fingerprint density at radius 1 is 1.21 bits per heavy atom. The lowest BCUT2D eigenvalue weighted by Crippen LogP contribution is -2.10. The molecule has 1 aromatic heterocycles. The van der Waals surface area contributed by atoms with Crippen LogP contribution in [-0.2, 0) is 19.1 Å². The van der Waals surface area contributed by atoms with Crippen molar-refractivity contribution in [2.75, 3.05) is 0 Å². The maximum absolute atomic E-state index is 9.32. The molecule has 0 atom stereocenters. The summed E-state index contributed by atoms with van der Waals surface area (Å²) in [6.07, 6.45) is 0. The van der Waals surface area contributed by atoms with Crippen molar-refractivity contribution >= 4 is 15.9 Å². The summed E-state index contributed by atoms with van der Waals surface area (Å²) in [5.74, 6) is 0.858. The van der Waals surface area contributed by atoms with Gasteiger partial charge in [-0.15, -0.1) is 0 Å². The number of halogens is 1. The van der Waals surface area contributed by atoms with E-state index in [-0.39, 0.29) is 12.0 Å². The molecule has 0 saturated heterocycles. The molecule has 0 fully saturated rings. The maximum atomic E-state index is 9.32. The summed E-state index contributed by atoms with van der Waals surface area (Å²) in [6, 6.07) is 8.43. The summed E-state index contributed by atoms with van der Waals surface area (Å²) in [5, 5.41) is 9.32. The highest BCUT2D eigenvalue weighted by Crippen LogP contribution is 2.28. The largest absolute Gasteiger partial charge is 0.390 e. The molecule has 0 aliphatic rings. The van der Waals surface area contributed by atoms with Gasteiger partial charge in [0.15, 0.2) is 0 Å². The summed E-state index contributed by atoms with van der Waals surface area (Å²) in [4.78, 5) is 4.46. The zero-order valence-corrected chi connectivity index (χ0v) is 13.3. The van der Waals surface area contributed by atoms with Crippen LogP contribution >= 0.6 is 15.9 Å². The lowest BCUT2D eigenvalue weighted by atomic mass is 9.87. The Labute approximate surface area is 122 Å². The Balaban J connectivity index is 2.43. The van der Waals surface area contributed by atoms with E-state index in [0.29, 0.717) is 4.60 Å². The molecule has 0 aliphatic carbocycles. The molecule has 2 rings (SSSR count). The van der Waals surface area contributed by atoms with Gasteiger partial charge in [0.1, 0.15) is 10.4 Å². The number of imidazole rings is 1. The van der Waals surface area contributed by atoms with Crippen LogP contribution in [0.25, 0.3) is 11.4 Å². The average molecular weight is 323 g/mol. The second kappa shape index (κ2) is 5.10. The van der Waals surface area contributed by atoms with Crippen LogP contribution in [0, 0.1) is 0 Å². The molecule has 1 aromatic carbocycles. The third-order valence-corrected chi connectivity index (χ3v) is 3.96. The highest BCUT2D eigenvalue weighted by Gasteiger charge is 2.16. The fraction of sp³-hybridized carbons (Fsp3) is 0.400. The molecule has 0 bridgehead atoms. The van der Waals surface area contributed by atoms with E-state index in [1.807, 2.05) is 11.6 Å². The van der Waals surface area contributed by atoms with Gasteiger partial charge in [0.2, 0.25) is 0 Å². The van der Waals surface area contributed by atoms with Crippen LogP contribution in [0.15, 0.2) is 28.9 Å². The molecule has 0 saturated carbocycles. The minimum absolute atomic E-state index is 0.0237. The number of hydrogen-bond donors (Lipinski definition) is 1. The highest BCUT2D eigenvalue weighted by atomic mass is 79.9. The monoisotopic (exact) mass is 322 g/mol. The fourth-order valence-electron chi connectivity index (χ4n) is 2.05.